The standard InChI is InChI=1S/C12H17NO/c1-3-9-5-4-6-10-11(13-2)7-8-14-12(9)10/h4-6,11,13H,3,7-8H2,1-2H3. The summed E-state index contributed by atoms with van der Waals surface area (Å²) in [5.74, 6) is 1.11. The lowest BCUT2D eigenvalue weighted by atomic mass is 9.97. The van der Waals surface area contributed by atoms with Gasteiger partial charge in [-0.3, -0.25) is 0 Å². The largest absolute Gasteiger partial charge is 0.493 e. The van der Waals surface area contributed by atoms with Crippen LogP contribution in [-0.4, -0.2) is 13.7 Å². The second-order valence-electron chi connectivity index (χ2n) is 3.67. The minimum Gasteiger partial charge on any atom is -0.493 e. The van der Waals surface area contributed by atoms with E-state index in [0.29, 0.717) is 6.04 Å². The van der Waals surface area contributed by atoms with E-state index in [1.807, 2.05) is 7.05 Å². The Morgan fingerprint density at radius 3 is 3.07 bits per heavy atom. The highest BCUT2D eigenvalue weighted by Gasteiger charge is 2.21. The fraction of sp³-hybridized carbons (Fsp3) is 0.500. The topological polar surface area (TPSA) is 21.3 Å². The molecular formula is C12H17NO. The van der Waals surface area contributed by atoms with Crippen molar-refractivity contribution in [2.45, 2.75) is 25.8 Å². The predicted octanol–water partition coefficient (Wildman–Crippen LogP) is 2.29. The normalized spacial score (nSPS) is 20.0. The van der Waals surface area contributed by atoms with Crippen molar-refractivity contribution in [3.8, 4) is 5.75 Å². The van der Waals surface area contributed by atoms with E-state index in [2.05, 4.69) is 30.4 Å². The Kier molecular flexibility index (Phi) is 2.73. The molecule has 0 saturated heterocycles. The molecule has 2 heteroatoms. The number of benzene rings is 1. The summed E-state index contributed by atoms with van der Waals surface area (Å²) in [5, 5.41) is 3.33. The zero-order chi connectivity index (χ0) is 9.97. The molecule has 2 nitrogen and oxygen atoms in total. The van der Waals surface area contributed by atoms with Crippen molar-refractivity contribution in [1.82, 2.24) is 5.32 Å². The van der Waals surface area contributed by atoms with Gasteiger partial charge in [0.15, 0.2) is 0 Å². The van der Waals surface area contributed by atoms with Crippen molar-refractivity contribution < 1.29 is 4.74 Å². The van der Waals surface area contributed by atoms with Crippen LogP contribution in [-0.2, 0) is 6.42 Å². The van der Waals surface area contributed by atoms with Crippen LogP contribution in [0, 0.1) is 0 Å². The van der Waals surface area contributed by atoms with E-state index in [0.717, 1.165) is 25.2 Å². The molecule has 1 heterocycles. The van der Waals surface area contributed by atoms with Crippen molar-refractivity contribution in [1.29, 1.82) is 0 Å². The molecule has 0 spiro atoms. The van der Waals surface area contributed by atoms with Gasteiger partial charge in [0, 0.05) is 18.0 Å². The van der Waals surface area contributed by atoms with Gasteiger partial charge in [-0.05, 0) is 19.0 Å². The van der Waals surface area contributed by atoms with Crippen molar-refractivity contribution in [3.05, 3.63) is 29.3 Å². The van der Waals surface area contributed by atoms with Crippen LogP contribution in [0.3, 0.4) is 0 Å². The van der Waals surface area contributed by atoms with Gasteiger partial charge >= 0.3 is 0 Å². The number of nitrogens with one attached hydrogen (secondary N) is 1. The molecule has 76 valence electrons. The number of hydrogen-bond donors (Lipinski definition) is 1. The van der Waals surface area contributed by atoms with Gasteiger partial charge in [-0.1, -0.05) is 25.1 Å². The van der Waals surface area contributed by atoms with Crippen LogP contribution in [0.5, 0.6) is 5.75 Å². The summed E-state index contributed by atoms with van der Waals surface area (Å²) in [6.45, 7) is 3.00. The van der Waals surface area contributed by atoms with Gasteiger partial charge in [-0.25, -0.2) is 0 Å². The molecule has 14 heavy (non-hydrogen) atoms. The second kappa shape index (κ2) is 4.01. The van der Waals surface area contributed by atoms with Gasteiger partial charge in [-0.2, -0.15) is 0 Å². The zero-order valence-electron chi connectivity index (χ0n) is 8.84. The van der Waals surface area contributed by atoms with Crippen molar-refractivity contribution in [3.63, 3.8) is 0 Å². The Balaban J connectivity index is 2.43. The third-order valence-electron chi connectivity index (χ3n) is 2.88. The SMILES string of the molecule is CCc1cccc2c1OCCC2NC. The third-order valence-corrected chi connectivity index (χ3v) is 2.88. The first kappa shape index (κ1) is 9.53. The first-order valence-electron chi connectivity index (χ1n) is 5.28. The summed E-state index contributed by atoms with van der Waals surface area (Å²) >= 11 is 0. The van der Waals surface area contributed by atoms with E-state index in [-0.39, 0.29) is 0 Å². The summed E-state index contributed by atoms with van der Waals surface area (Å²) in [4.78, 5) is 0. The number of rotatable bonds is 2. The lowest BCUT2D eigenvalue weighted by Crippen LogP contribution is -2.24. The number of aryl methyl sites for hydroxylation is 1. The van der Waals surface area contributed by atoms with E-state index in [1.54, 1.807) is 0 Å². The molecule has 0 radical (unpaired) electrons. The van der Waals surface area contributed by atoms with E-state index >= 15 is 0 Å². The van der Waals surface area contributed by atoms with Gasteiger partial charge in [0.1, 0.15) is 5.75 Å². The summed E-state index contributed by atoms with van der Waals surface area (Å²) in [7, 11) is 2.01. The average molecular weight is 191 g/mol. The first-order valence-corrected chi connectivity index (χ1v) is 5.28. The molecule has 1 aliphatic rings. The van der Waals surface area contributed by atoms with Gasteiger partial charge in [0.2, 0.25) is 0 Å². The average Bonchev–Trinajstić information content (AvgIpc) is 2.27. The Bertz CT molecular complexity index is 322. The Morgan fingerprint density at radius 1 is 1.50 bits per heavy atom. The van der Waals surface area contributed by atoms with Crippen molar-refractivity contribution in [2.24, 2.45) is 0 Å². The van der Waals surface area contributed by atoms with Crippen LogP contribution in [0.15, 0.2) is 18.2 Å². The minimum atomic E-state index is 0.463. The van der Waals surface area contributed by atoms with Gasteiger partial charge in [0.25, 0.3) is 0 Å². The monoisotopic (exact) mass is 191 g/mol. The third kappa shape index (κ3) is 1.50. The predicted molar refractivity (Wildman–Crippen MR) is 57.7 cm³/mol. The molecule has 1 N–H and O–H groups in total. The van der Waals surface area contributed by atoms with Gasteiger partial charge in [0.05, 0.1) is 6.61 Å². The van der Waals surface area contributed by atoms with E-state index in [1.165, 1.54) is 11.1 Å². The maximum absolute atomic E-state index is 5.74. The maximum atomic E-state index is 5.74. The molecule has 0 saturated carbocycles. The quantitative estimate of drug-likeness (QED) is 0.774. The zero-order valence-corrected chi connectivity index (χ0v) is 8.84. The summed E-state index contributed by atoms with van der Waals surface area (Å²) in [6, 6.07) is 6.90. The van der Waals surface area contributed by atoms with Crippen molar-refractivity contribution in [2.75, 3.05) is 13.7 Å². The maximum Gasteiger partial charge on any atom is 0.127 e. The highest BCUT2D eigenvalue weighted by molar-refractivity contribution is 5.44. The van der Waals surface area contributed by atoms with E-state index in [4.69, 9.17) is 4.74 Å². The molecule has 2 rings (SSSR count). The highest BCUT2D eigenvalue weighted by Crippen LogP contribution is 2.34. The number of para-hydroxylation sites is 1. The van der Waals surface area contributed by atoms with Gasteiger partial charge in [-0.15, -0.1) is 0 Å². The molecular weight excluding hydrogens is 174 g/mol. The Labute approximate surface area is 85.3 Å². The van der Waals surface area contributed by atoms with Crippen molar-refractivity contribution >= 4 is 0 Å². The molecule has 0 aromatic heterocycles. The highest BCUT2D eigenvalue weighted by atomic mass is 16.5. The van der Waals surface area contributed by atoms with Crippen LogP contribution >= 0.6 is 0 Å². The lowest BCUT2D eigenvalue weighted by Gasteiger charge is -2.27. The first-order chi connectivity index (χ1) is 6.86. The Hall–Kier alpha value is -1.02. The molecule has 1 aromatic rings. The fourth-order valence-electron chi connectivity index (χ4n) is 2.07. The van der Waals surface area contributed by atoms with Crippen LogP contribution in [0.2, 0.25) is 0 Å². The number of fused-ring (bicyclic) bond motifs is 1. The van der Waals surface area contributed by atoms with Gasteiger partial charge < -0.3 is 10.1 Å². The summed E-state index contributed by atoms with van der Waals surface area (Å²) in [6.07, 6.45) is 2.11. The number of ether oxygens (including phenoxy) is 1. The van der Waals surface area contributed by atoms with E-state index < -0.39 is 0 Å². The molecule has 0 bridgehead atoms. The summed E-state index contributed by atoms with van der Waals surface area (Å²) < 4.78 is 5.74. The van der Waals surface area contributed by atoms with Crippen LogP contribution in [0.4, 0.5) is 0 Å². The van der Waals surface area contributed by atoms with Crippen LogP contribution < -0.4 is 10.1 Å². The molecule has 1 unspecified atom stereocenters. The molecule has 1 atom stereocenters. The van der Waals surface area contributed by atoms with E-state index in [9.17, 15) is 0 Å². The molecule has 0 aliphatic carbocycles. The second-order valence-corrected chi connectivity index (χ2v) is 3.67. The fourth-order valence-corrected chi connectivity index (χ4v) is 2.07. The molecule has 1 aromatic carbocycles. The molecule has 0 amide bonds. The smallest absolute Gasteiger partial charge is 0.127 e. The Morgan fingerprint density at radius 2 is 2.36 bits per heavy atom. The molecule has 1 aliphatic heterocycles. The summed E-state index contributed by atoms with van der Waals surface area (Å²) in [5.41, 5.74) is 2.64. The van der Waals surface area contributed by atoms with Crippen LogP contribution in [0.1, 0.15) is 30.5 Å². The number of hydrogen-bond acceptors (Lipinski definition) is 2. The minimum absolute atomic E-state index is 0.463. The molecule has 0 fully saturated rings. The van der Waals surface area contributed by atoms with Crippen LogP contribution in [0.25, 0.3) is 0 Å². The lowest BCUT2D eigenvalue weighted by molar-refractivity contribution is 0.255.